The largest absolute Gasteiger partial charge is 0.343 e. The van der Waals surface area contributed by atoms with E-state index in [1.165, 1.54) is 12.1 Å². The Kier molecular flexibility index (Phi) is 5.02. The van der Waals surface area contributed by atoms with Crippen molar-refractivity contribution in [3.05, 3.63) is 42.0 Å². The lowest BCUT2D eigenvalue weighted by Gasteiger charge is -2.00. The maximum atomic E-state index is 2.34. The van der Waals surface area contributed by atoms with E-state index in [0.717, 1.165) is 12.5 Å². The molecule has 1 aromatic carbocycles. The molecule has 0 aliphatic heterocycles. The Morgan fingerprint density at radius 1 is 1.21 bits per heavy atom. The highest BCUT2D eigenvalue weighted by Gasteiger charge is 1.92. The average Bonchev–Trinajstić information content (AvgIpc) is 2.18. The van der Waals surface area contributed by atoms with Crippen LogP contribution in [0.1, 0.15) is 19.4 Å². The van der Waals surface area contributed by atoms with Crippen molar-refractivity contribution in [2.75, 3.05) is 13.1 Å². The van der Waals surface area contributed by atoms with Crippen LogP contribution in [0.15, 0.2) is 36.4 Å². The summed E-state index contributed by atoms with van der Waals surface area (Å²) in [5.74, 6) is 0.778. The van der Waals surface area contributed by atoms with Crippen LogP contribution in [-0.4, -0.2) is 13.1 Å². The van der Waals surface area contributed by atoms with Crippen molar-refractivity contribution in [2.45, 2.75) is 13.8 Å². The highest BCUT2D eigenvalue weighted by atomic mass is 14.8. The minimum absolute atomic E-state index is 0.778. The molecule has 1 nitrogen and oxygen atoms in total. The lowest BCUT2D eigenvalue weighted by molar-refractivity contribution is -0.650. The van der Waals surface area contributed by atoms with E-state index in [2.05, 4.69) is 55.6 Å². The summed E-state index contributed by atoms with van der Waals surface area (Å²) in [7, 11) is 0. The van der Waals surface area contributed by atoms with E-state index in [0.29, 0.717) is 0 Å². The first-order chi connectivity index (χ1) is 6.79. The Bertz CT molecular complexity index is 262. The van der Waals surface area contributed by atoms with Gasteiger partial charge in [0.05, 0.1) is 13.1 Å². The molecule has 1 aromatic rings. The van der Waals surface area contributed by atoms with Crippen LogP contribution >= 0.6 is 0 Å². The van der Waals surface area contributed by atoms with Gasteiger partial charge in [0.2, 0.25) is 0 Å². The van der Waals surface area contributed by atoms with Gasteiger partial charge < -0.3 is 5.32 Å². The Morgan fingerprint density at radius 2 is 1.93 bits per heavy atom. The zero-order valence-corrected chi connectivity index (χ0v) is 9.11. The first kappa shape index (κ1) is 11.0. The molecular formula is C13H20N+. The maximum Gasteiger partial charge on any atom is 0.0945 e. The molecule has 14 heavy (non-hydrogen) atoms. The third-order valence-corrected chi connectivity index (χ3v) is 2.05. The van der Waals surface area contributed by atoms with Crippen molar-refractivity contribution in [3.8, 4) is 0 Å². The number of quaternary nitrogens is 1. The summed E-state index contributed by atoms with van der Waals surface area (Å²) >= 11 is 0. The fourth-order valence-corrected chi connectivity index (χ4v) is 1.29. The summed E-state index contributed by atoms with van der Waals surface area (Å²) in [6.45, 7) is 6.78. The van der Waals surface area contributed by atoms with Gasteiger partial charge in [0.15, 0.2) is 0 Å². The van der Waals surface area contributed by atoms with Gasteiger partial charge in [0.1, 0.15) is 0 Å². The van der Waals surface area contributed by atoms with Gasteiger partial charge in [-0.2, -0.15) is 0 Å². The molecule has 0 radical (unpaired) electrons. The topological polar surface area (TPSA) is 16.6 Å². The van der Waals surface area contributed by atoms with Gasteiger partial charge in [-0.3, -0.25) is 0 Å². The van der Waals surface area contributed by atoms with Crippen LogP contribution < -0.4 is 5.32 Å². The summed E-state index contributed by atoms with van der Waals surface area (Å²) in [6, 6.07) is 10.4. The van der Waals surface area contributed by atoms with E-state index in [9.17, 15) is 0 Å². The van der Waals surface area contributed by atoms with Crippen LogP contribution in [0.25, 0.3) is 6.08 Å². The third kappa shape index (κ3) is 4.83. The molecule has 2 N–H and O–H groups in total. The first-order valence-electron chi connectivity index (χ1n) is 5.32. The molecule has 0 saturated heterocycles. The molecule has 76 valence electrons. The zero-order valence-electron chi connectivity index (χ0n) is 9.11. The Labute approximate surface area is 86.8 Å². The molecule has 0 spiro atoms. The summed E-state index contributed by atoms with van der Waals surface area (Å²) in [4.78, 5) is 0. The highest BCUT2D eigenvalue weighted by molar-refractivity contribution is 5.48. The second kappa shape index (κ2) is 6.39. The molecule has 0 saturated carbocycles. The molecule has 0 bridgehead atoms. The fourth-order valence-electron chi connectivity index (χ4n) is 1.29. The van der Waals surface area contributed by atoms with Gasteiger partial charge in [-0.15, -0.1) is 0 Å². The number of hydrogen-bond acceptors (Lipinski definition) is 0. The van der Waals surface area contributed by atoms with Crippen molar-refractivity contribution < 1.29 is 5.32 Å². The number of nitrogens with two attached hydrogens (primary N) is 1. The van der Waals surface area contributed by atoms with Crippen molar-refractivity contribution in [2.24, 2.45) is 5.92 Å². The SMILES string of the molecule is CC(C)C[NH2+]C/C=C/c1ccccc1. The molecule has 1 heteroatoms. The zero-order chi connectivity index (χ0) is 10.2. The number of benzene rings is 1. The molecule has 0 fully saturated rings. The van der Waals surface area contributed by atoms with Gasteiger partial charge in [0, 0.05) is 5.92 Å². The normalized spacial score (nSPS) is 11.4. The van der Waals surface area contributed by atoms with E-state index in [1.54, 1.807) is 0 Å². The average molecular weight is 190 g/mol. The third-order valence-electron chi connectivity index (χ3n) is 2.05. The molecule has 0 heterocycles. The molecule has 0 aromatic heterocycles. The summed E-state index contributed by atoms with van der Waals surface area (Å²) in [5, 5.41) is 2.34. The minimum Gasteiger partial charge on any atom is -0.343 e. The van der Waals surface area contributed by atoms with Gasteiger partial charge in [0.25, 0.3) is 0 Å². The van der Waals surface area contributed by atoms with Crippen LogP contribution in [-0.2, 0) is 0 Å². The quantitative estimate of drug-likeness (QED) is 0.683. The molecule has 0 aliphatic rings. The monoisotopic (exact) mass is 190 g/mol. The number of hydrogen-bond donors (Lipinski definition) is 1. The summed E-state index contributed by atoms with van der Waals surface area (Å²) in [6.07, 6.45) is 4.40. The molecule has 1 rings (SSSR count). The predicted octanol–water partition coefficient (Wildman–Crippen LogP) is 1.92. The second-order valence-electron chi connectivity index (χ2n) is 3.97. The van der Waals surface area contributed by atoms with E-state index in [-0.39, 0.29) is 0 Å². The van der Waals surface area contributed by atoms with Gasteiger partial charge in [-0.25, -0.2) is 0 Å². The van der Waals surface area contributed by atoms with Crippen molar-refractivity contribution in [3.63, 3.8) is 0 Å². The summed E-state index contributed by atoms with van der Waals surface area (Å²) < 4.78 is 0. The van der Waals surface area contributed by atoms with E-state index in [4.69, 9.17) is 0 Å². The van der Waals surface area contributed by atoms with Crippen LogP contribution in [0.5, 0.6) is 0 Å². The minimum atomic E-state index is 0.778. The Morgan fingerprint density at radius 3 is 2.57 bits per heavy atom. The fraction of sp³-hybridized carbons (Fsp3) is 0.385. The molecule has 0 unspecified atom stereocenters. The smallest absolute Gasteiger partial charge is 0.0945 e. The van der Waals surface area contributed by atoms with Crippen molar-refractivity contribution in [1.29, 1.82) is 0 Å². The molecular weight excluding hydrogens is 170 g/mol. The van der Waals surface area contributed by atoms with E-state index < -0.39 is 0 Å². The lowest BCUT2D eigenvalue weighted by Crippen LogP contribution is -2.84. The van der Waals surface area contributed by atoms with Gasteiger partial charge >= 0.3 is 0 Å². The Balaban J connectivity index is 2.21. The van der Waals surface area contributed by atoms with Crippen molar-refractivity contribution >= 4 is 6.08 Å². The maximum absolute atomic E-state index is 2.34. The molecule has 0 aliphatic carbocycles. The van der Waals surface area contributed by atoms with Crippen LogP contribution in [0.3, 0.4) is 0 Å². The lowest BCUT2D eigenvalue weighted by atomic mass is 10.2. The first-order valence-corrected chi connectivity index (χ1v) is 5.32. The second-order valence-corrected chi connectivity index (χ2v) is 3.97. The van der Waals surface area contributed by atoms with Gasteiger partial charge in [-0.05, 0) is 11.6 Å². The predicted molar refractivity (Wildman–Crippen MR) is 62.0 cm³/mol. The van der Waals surface area contributed by atoms with Crippen LogP contribution in [0.4, 0.5) is 0 Å². The van der Waals surface area contributed by atoms with Crippen LogP contribution in [0.2, 0.25) is 0 Å². The molecule has 0 amide bonds. The highest BCUT2D eigenvalue weighted by Crippen LogP contribution is 1.99. The number of rotatable bonds is 5. The Hall–Kier alpha value is -1.08. The summed E-state index contributed by atoms with van der Waals surface area (Å²) in [5.41, 5.74) is 1.28. The van der Waals surface area contributed by atoms with E-state index in [1.807, 2.05) is 6.07 Å². The molecule has 0 atom stereocenters. The van der Waals surface area contributed by atoms with Crippen LogP contribution in [0, 0.1) is 5.92 Å². The van der Waals surface area contributed by atoms with E-state index >= 15 is 0 Å². The standard InChI is InChI=1S/C13H19N/c1-12(2)11-14-10-6-9-13-7-4-3-5-8-13/h3-9,12,14H,10-11H2,1-2H3/p+1/b9-6+. The van der Waals surface area contributed by atoms with Crippen molar-refractivity contribution in [1.82, 2.24) is 0 Å². The van der Waals surface area contributed by atoms with Gasteiger partial charge in [-0.1, -0.05) is 50.3 Å².